The third-order valence-electron chi connectivity index (χ3n) is 5.91. The molecule has 3 amide bonds. The van der Waals surface area contributed by atoms with Crippen LogP contribution in [-0.2, 0) is 19.1 Å². The van der Waals surface area contributed by atoms with Gasteiger partial charge >= 0.3 is 5.97 Å². The van der Waals surface area contributed by atoms with Gasteiger partial charge in [0.1, 0.15) is 0 Å². The standard InChI is InChI=1S/C25H27N3O5S/c1-17(2)27-23(31)19-10-6-7-11-20(19)28-22(30)12-13-25(27,28)24(32)33-16-21(29)26-14-15-34-18-8-4-3-5-9-18/h3-11,17H,12-16H2,1-2H3,(H,26,29). The largest absolute Gasteiger partial charge is 0.452 e. The van der Waals surface area contributed by atoms with Crippen molar-refractivity contribution in [2.75, 3.05) is 23.8 Å². The Morgan fingerprint density at radius 2 is 1.79 bits per heavy atom. The fourth-order valence-corrected chi connectivity index (χ4v) is 5.34. The molecule has 2 aromatic rings. The van der Waals surface area contributed by atoms with Crippen LogP contribution in [0.1, 0.15) is 37.0 Å². The maximum Gasteiger partial charge on any atom is 0.354 e. The Morgan fingerprint density at radius 3 is 2.53 bits per heavy atom. The summed E-state index contributed by atoms with van der Waals surface area (Å²) in [6.45, 7) is 3.51. The first-order valence-electron chi connectivity index (χ1n) is 11.2. The van der Waals surface area contributed by atoms with Crippen molar-refractivity contribution in [2.24, 2.45) is 0 Å². The lowest BCUT2D eigenvalue weighted by Gasteiger charge is -2.50. The van der Waals surface area contributed by atoms with E-state index in [1.807, 2.05) is 30.3 Å². The Bertz CT molecular complexity index is 1110. The van der Waals surface area contributed by atoms with Crippen molar-refractivity contribution in [3.8, 4) is 0 Å². The first kappa shape index (κ1) is 23.8. The average Bonchev–Trinajstić information content (AvgIpc) is 3.19. The molecule has 1 N–H and O–H groups in total. The van der Waals surface area contributed by atoms with Crippen molar-refractivity contribution in [1.29, 1.82) is 0 Å². The zero-order chi connectivity index (χ0) is 24.3. The quantitative estimate of drug-likeness (QED) is 0.354. The Morgan fingerprint density at radius 1 is 1.09 bits per heavy atom. The summed E-state index contributed by atoms with van der Waals surface area (Å²) in [6, 6.07) is 16.2. The molecule has 0 spiro atoms. The molecule has 2 aromatic carbocycles. The van der Waals surface area contributed by atoms with E-state index < -0.39 is 24.1 Å². The maximum atomic E-state index is 13.4. The van der Waals surface area contributed by atoms with Crippen molar-refractivity contribution in [3.63, 3.8) is 0 Å². The molecule has 34 heavy (non-hydrogen) atoms. The topological polar surface area (TPSA) is 96.0 Å². The summed E-state index contributed by atoms with van der Waals surface area (Å²) in [7, 11) is 0. The smallest absolute Gasteiger partial charge is 0.354 e. The van der Waals surface area contributed by atoms with Crippen molar-refractivity contribution in [3.05, 3.63) is 60.2 Å². The summed E-state index contributed by atoms with van der Waals surface area (Å²) in [5.41, 5.74) is -0.838. The van der Waals surface area contributed by atoms with E-state index in [0.717, 1.165) is 4.90 Å². The number of nitrogens with one attached hydrogen (secondary N) is 1. The van der Waals surface area contributed by atoms with Crippen LogP contribution in [0.4, 0.5) is 5.69 Å². The number of rotatable bonds is 8. The van der Waals surface area contributed by atoms with E-state index in [1.165, 1.54) is 9.80 Å². The second kappa shape index (κ2) is 9.89. The van der Waals surface area contributed by atoms with E-state index in [-0.39, 0.29) is 30.7 Å². The van der Waals surface area contributed by atoms with Gasteiger partial charge in [-0.15, -0.1) is 11.8 Å². The van der Waals surface area contributed by atoms with Gasteiger partial charge < -0.3 is 15.0 Å². The van der Waals surface area contributed by atoms with E-state index in [4.69, 9.17) is 4.74 Å². The number of amides is 3. The normalized spacial score (nSPS) is 19.1. The lowest BCUT2D eigenvalue weighted by atomic mass is 9.95. The van der Waals surface area contributed by atoms with Gasteiger partial charge in [-0.2, -0.15) is 0 Å². The minimum atomic E-state index is -1.60. The van der Waals surface area contributed by atoms with Gasteiger partial charge in [0.15, 0.2) is 6.61 Å². The number of para-hydroxylation sites is 1. The lowest BCUT2D eigenvalue weighted by Crippen LogP contribution is -2.70. The van der Waals surface area contributed by atoms with Crippen LogP contribution in [0.2, 0.25) is 0 Å². The number of hydrogen-bond acceptors (Lipinski definition) is 6. The van der Waals surface area contributed by atoms with Crippen LogP contribution in [0.3, 0.4) is 0 Å². The minimum absolute atomic E-state index is 0.100. The number of carbonyl (C=O) groups is 4. The predicted octanol–water partition coefficient (Wildman–Crippen LogP) is 2.83. The second-order valence-electron chi connectivity index (χ2n) is 8.42. The van der Waals surface area contributed by atoms with E-state index in [0.29, 0.717) is 23.5 Å². The molecular formula is C25H27N3O5S. The first-order chi connectivity index (χ1) is 16.4. The van der Waals surface area contributed by atoms with Crippen molar-refractivity contribution in [2.45, 2.75) is 43.3 Å². The van der Waals surface area contributed by atoms with E-state index in [1.54, 1.807) is 49.9 Å². The Balaban J connectivity index is 1.45. The Kier molecular flexibility index (Phi) is 6.92. The van der Waals surface area contributed by atoms with Crippen LogP contribution in [-0.4, -0.2) is 59.2 Å². The Labute approximate surface area is 202 Å². The highest BCUT2D eigenvalue weighted by Gasteiger charge is 2.62. The summed E-state index contributed by atoms with van der Waals surface area (Å²) >= 11 is 1.61. The highest BCUT2D eigenvalue weighted by molar-refractivity contribution is 7.99. The number of thioether (sulfide) groups is 1. The van der Waals surface area contributed by atoms with Gasteiger partial charge in [0.05, 0.1) is 11.3 Å². The van der Waals surface area contributed by atoms with Crippen LogP contribution < -0.4 is 10.2 Å². The second-order valence-corrected chi connectivity index (χ2v) is 9.59. The molecule has 1 atom stereocenters. The number of fused-ring (bicyclic) bond motifs is 3. The first-order valence-corrected chi connectivity index (χ1v) is 12.2. The molecule has 9 heteroatoms. The summed E-state index contributed by atoms with van der Waals surface area (Å²) in [5, 5.41) is 2.74. The van der Waals surface area contributed by atoms with Gasteiger partial charge in [0, 0.05) is 36.1 Å². The highest BCUT2D eigenvalue weighted by atomic mass is 32.2. The average molecular weight is 482 g/mol. The fourth-order valence-electron chi connectivity index (χ4n) is 4.55. The van der Waals surface area contributed by atoms with Gasteiger partial charge in [-0.1, -0.05) is 30.3 Å². The number of ether oxygens (including phenoxy) is 1. The predicted molar refractivity (Wildman–Crippen MR) is 128 cm³/mol. The molecular weight excluding hydrogens is 454 g/mol. The van der Waals surface area contributed by atoms with Gasteiger partial charge in [0.2, 0.25) is 11.6 Å². The molecule has 1 saturated heterocycles. The van der Waals surface area contributed by atoms with Crippen LogP contribution in [0.15, 0.2) is 59.5 Å². The molecule has 4 rings (SSSR count). The molecule has 8 nitrogen and oxygen atoms in total. The number of carbonyl (C=O) groups excluding carboxylic acids is 4. The zero-order valence-electron chi connectivity index (χ0n) is 19.2. The van der Waals surface area contributed by atoms with Crippen LogP contribution in [0, 0.1) is 0 Å². The van der Waals surface area contributed by atoms with E-state index in [2.05, 4.69) is 5.32 Å². The molecule has 0 aromatic heterocycles. The third-order valence-corrected chi connectivity index (χ3v) is 6.93. The monoisotopic (exact) mass is 481 g/mol. The minimum Gasteiger partial charge on any atom is -0.452 e. The van der Waals surface area contributed by atoms with Gasteiger partial charge in [-0.05, 0) is 38.1 Å². The van der Waals surface area contributed by atoms with Gasteiger partial charge in [0.25, 0.3) is 11.8 Å². The zero-order valence-corrected chi connectivity index (χ0v) is 20.0. The molecule has 0 saturated carbocycles. The molecule has 2 aliphatic heterocycles. The molecule has 0 bridgehead atoms. The van der Waals surface area contributed by atoms with Crippen LogP contribution in [0.5, 0.6) is 0 Å². The van der Waals surface area contributed by atoms with E-state index >= 15 is 0 Å². The van der Waals surface area contributed by atoms with Gasteiger partial charge in [-0.3, -0.25) is 19.3 Å². The SMILES string of the molecule is CC(C)N1C(=O)c2ccccc2N2C(=O)CCC21C(=O)OCC(=O)NCCSc1ccccc1. The fraction of sp³-hybridized carbons (Fsp3) is 0.360. The highest BCUT2D eigenvalue weighted by Crippen LogP contribution is 2.45. The molecule has 0 aliphatic carbocycles. The molecule has 178 valence electrons. The summed E-state index contributed by atoms with van der Waals surface area (Å²) in [4.78, 5) is 55.9. The number of esters is 1. The van der Waals surface area contributed by atoms with Crippen LogP contribution in [0.25, 0.3) is 0 Å². The molecule has 2 heterocycles. The van der Waals surface area contributed by atoms with Crippen molar-refractivity contribution >= 4 is 41.1 Å². The van der Waals surface area contributed by atoms with Crippen LogP contribution >= 0.6 is 11.8 Å². The number of benzene rings is 2. The summed E-state index contributed by atoms with van der Waals surface area (Å²) in [5.74, 6) is -1.14. The molecule has 1 fully saturated rings. The summed E-state index contributed by atoms with van der Waals surface area (Å²) in [6.07, 6.45) is 0.209. The van der Waals surface area contributed by atoms with Gasteiger partial charge in [-0.25, -0.2) is 4.79 Å². The Hall–Kier alpha value is -3.33. The third kappa shape index (κ3) is 4.27. The lowest BCUT2D eigenvalue weighted by molar-refractivity contribution is -0.161. The number of anilines is 1. The van der Waals surface area contributed by atoms with Crippen molar-refractivity contribution < 1.29 is 23.9 Å². The van der Waals surface area contributed by atoms with E-state index in [9.17, 15) is 19.2 Å². The molecule has 1 unspecified atom stereocenters. The van der Waals surface area contributed by atoms with Crippen molar-refractivity contribution in [1.82, 2.24) is 10.2 Å². The molecule has 0 radical (unpaired) electrons. The molecule has 2 aliphatic rings. The number of hydrogen-bond donors (Lipinski definition) is 1. The summed E-state index contributed by atoms with van der Waals surface area (Å²) < 4.78 is 5.41. The maximum absolute atomic E-state index is 13.4. The number of nitrogens with zero attached hydrogens (tertiary/aromatic N) is 2.